The number of pyridine rings is 1. The number of benzene rings is 2. The van der Waals surface area contributed by atoms with Gasteiger partial charge in [-0.15, -0.1) is 0 Å². The number of ether oxygens (including phenoxy) is 2. The fourth-order valence-electron chi connectivity index (χ4n) is 4.68. The summed E-state index contributed by atoms with van der Waals surface area (Å²) in [6.45, 7) is 4.83. The number of aryl methyl sites for hydroxylation is 3. The van der Waals surface area contributed by atoms with Crippen molar-refractivity contribution in [2.24, 2.45) is 7.05 Å². The van der Waals surface area contributed by atoms with E-state index in [0.717, 1.165) is 63.4 Å². The first-order valence-corrected chi connectivity index (χ1v) is 11.5. The fourth-order valence-corrected chi connectivity index (χ4v) is 4.68. The van der Waals surface area contributed by atoms with Crippen LogP contribution in [0.5, 0.6) is 11.5 Å². The van der Waals surface area contributed by atoms with Crippen molar-refractivity contribution in [3.63, 3.8) is 0 Å². The molecule has 7 nitrogen and oxygen atoms in total. The standard InChI is InChI=1S/C27H29N5O2/c1-6-9-24-30-25-17(2)14-18(27-29-19-10-7-8-11-21(19)31(27)3)15-22(25)32(24)16-20-26(34-5)23(33-4)12-13-28-20/h7-8,10-15H,6,9,16H2,1-5H3. The van der Waals surface area contributed by atoms with Crippen molar-refractivity contribution < 1.29 is 9.47 Å². The minimum Gasteiger partial charge on any atom is -0.493 e. The Morgan fingerprint density at radius 1 is 0.971 bits per heavy atom. The van der Waals surface area contributed by atoms with E-state index in [9.17, 15) is 0 Å². The van der Waals surface area contributed by atoms with Crippen molar-refractivity contribution in [2.75, 3.05) is 14.2 Å². The number of fused-ring (bicyclic) bond motifs is 2. The van der Waals surface area contributed by atoms with Crippen LogP contribution >= 0.6 is 0 Å². The third-order valence-electron chi connectivity index (χ3n) is 6.32. The molecule has 0 fully saturated rings. The van der Waals surface area contributed by atoms with E-state index in [1.165, 1.54) is 0 Å². The average Bonchev–Trinajstić information content (AvgIpc) is 3.37. The number of methoxy groups -OCH3 is 2. The molecule has 0 spiro atoms. The fraction of sp³-hybridized carbons (Fsp3) is 0.296. The molecule has 0 aliphatic carbocycles. The summed E-state index contributed by atoms with van der Waals surface area (Å²) in [5.41, 5.74) is 7.18. The topological polar surface area (TPSA) is 67.0 Å². The molecular weight excluding hydrogens is 426 g/mol. The van der Waals surface area contributed by atoms with Crippen LogP contribution in [0.3, 0.4) is 0 Å². The lowest BCUT2D eigenvalue weighted by Crippen LogP contribution is -2.09. The molecular formula is C27H29N5O2. The van der Waals surface area contributed by atoms with Crippen LogP contribution in [0.2, 0.25) is 0 Å². The molecule has 0 bridgehead atoms. The number of para-hydroxylation sites is 2. The molecule has 3 aromatic heterocycles. The number of aromatic nitrogens is 5. The quantitative estimate of drug-likeness (QED) is 0.333. The Hall–Kier alpha value is -3.87. The summed E-state index contributed by atoms with van der Waals surface area (Å²) < 4.78 is 15.6. The molecule has 7 heteroatoms. The van der Waals surface area contributed by atoms with Crippen molar-refractivity contribution in [1.29, 1.82) is 0 Å². The Morgan fingerprint density at radius 2 is 1.79 bits per heavy atom. The van der Waals surface area contributed by atoms with E-state index in [1.807, 2.05) is 18.2 Å². The highest BCUT2D eigenvalue weighted by Crippen LogP contribution is 2.33. The van der Waals surface area contributed by atoms with Gasteiger partial charge in [-0.1, -0.05) is 19.1 Å². The van der Waals surface area contributed by atoms with Gasteiger partial charge in [0.15, 0.2) is 11.5 Å². The van der Waals surface area contributed by atoms with Crippen molar-refractivity contribution >= 4 is 22.1 Å². The molecule has 0 amide bonds. The van der Waals surface area contributed by atoms with Gasteiger partial charge in [-0.05, 0) is 43.2 Å². The van der Waals surface area contributed by atoms with E-state index in [0.29, 0.717) is 18.0 Å². The molecule has 0 unspecified atom stereocenters. The van der Waals surface area contributed by atoms with E-state index in [1.54, 1.807) is 20.4 Å². The Morgan fingerprint density at radius 3 is 2.53 bits per heavy atom. The summed E-state index contributed by atoms with van der Waals surface area (Å²) in [7, 11) is 5.36. The maximum absolute atomic E-state index is 5.66. The van der Waals surface area contributed by atoms with Crippen LogP contribution in [-0.2, 0) is 20.0 Å². The zero-order valence-electron chi connectivity index (χ0n) is 20.3. The van der Waals surface area contributed by atoms with Crippen LogP contribution in [0.25, 0.3) is 33.5 Å². The maximum atomic E-state index is 5.66. The summed E-state index contributed by atoms with van der Waals surface area (Å²) in [4.78, 5) is 14.6. The summed E-state index contributed by atoms with van der Waals surface area (Å²) in [6, 6.07) is 14.4. The zero-order valence-corrected chi connectivity index (χ0v) is 20.3. The lowest BCUT2D eigenvalue weighted by Gasteiger charge is -2.14. The van der Waals surface area contributed by atoms with Gasteiger partial charge in [-0.2, -0.15) is 0 Å². The zero-order chi connectivity index (χ0) is 23.8. The molecule has 5 rings (SSSR count). The van der Waals surface area contributed by atoms with E-state index in [2.05, 4.69) is 59.3 Å². The molecule has 0 saturated heterocycles. The molecule has 0 N–H and O–H groups in total. The number of nitrogens with zero attached hydrogens (tertiary/aromatic N) is 5. The first-order valence-electron chi connectivity index (χ1n) is 11.5. The Balaban J connectivity index is 1.70. The van der Waals surface area contributed by atoms with Crippen LogP contribution in [-0.4, -0.2) is 38.3 Å². The van der Waals surface area contributed by atoms with Crippen molar-refractivity contribution in [3.05, 3.63) is 65.7 Å². The summed E-state index contributed by atoms with van der Waals surface area (Å²) in [6.07, 6.45) is 3.64. The van der Waals surface area contributed by atoms with Crippen molar-refractivity contribution in [2.45, 2.75) is 33.2 Å². The third-order valence-corrected chi connectivity index (χ3v) is 6.32. The van der Waals surface area contributed by atoms with Gasteiger partial charge in [0.05, 0.1) is 42.8 Å². The minimum absolute atomic E-state index is 0.539. The van der Waals surface area contributed by atoms with Crippen LogP contribution < -0.4 is 9.47 Å². The first kappa shape index (κ1) is 21.9. The summed E-state index contributed by atoms with van der Waals surface area (Å²) >= 11 is 0. The number of hydrogen-bond acceptors (Lipinski definition) is 5. The molecule has 174 valence electrons. The number of rotatable bonds is 7. The molecule has 3 heterocycles. The summed E-state index contributed by atoms with van der Waals surface area (Å²) in [5, 5.41) is 0. The molecule has 5 aromatic rings. The van der Waals surface area contributed by atoms with Gasteiger partial charge in [-0.25, -0.2) is 9.97 Å². The smallest absolute Gasteiger partial charge is 0.184 e. The molecule has 0 radical (unpaired) electrons. The van der Waals surface area contributed by atoms with E-state index in [-0.39, 0.29) is 0 Å². The predicted molar refractivity (Wildman–Crippen MR) is 135 cm³/mol. The highest BCUT2D eigenvalue weighted by molar-refractivity contribution is 5.87. The van der Waals surface area contributed by atoms with Crippen molar-refractivity contribution in [1.82, 2.24) is 24.1 Å². The molecule has 0 aliphatic rings. The Bertz CT molecular complexity index is 1500. The molecule has 0 aliphatic heterocycles. The average molecular weight is 456 g/mol. The van der Waals surface area contributed by atoms with Gasteiger partial charge in [0.25, 0.3) is 0 Å². The van der Waals surface area contributed by atoms with E-state index >= 15 is 0 Å². The van der Waals surface area contributed by atoms with Gasteiger partial charge in [0, 0.05) is 31.3 Å². The molecule has 0 saturated carbocycles. The molecule has 2 aromatic carbocycles. The highest BCUT2D eigenvalue weighted by Gasteiger charge is 2.19. The van der Waals surface area contributed by atoms with E-state index < -0.39 is 0 Å². The van der Waals surface area contributed by atoms with Gasteiger partial charge in [-0.3, -0.25) is 4.98 Å². The Labute approximate surface area is 199 Å². The third kappa shape index (κ3) is 3.57. The molecule has 34 heavy (non-hydrogen) atoms. The SMILES string of the molecule is CCCc1nc2c(C)cc(-c3nc4ccccc4n3C)cc2n1Cc1nccc(OC)c1OC. The van der Waals surface area contributed by atoms with E-state index in [4.69, 9.17) is 19.4 Å². The van der Waals surface area contributed by atoms with Gasteiger partial charge >= 0.3 is 0 Å². The second-order valence-corrected chi connectivity index (χ2v) is 8.50. The highest BCUT2D eigenvalue weighted by atomic mass is 16.5. The maximum Gasteiger partial charge on any atom is 0.184 e. The second kappa shape index (κ2) is 8.82. The largest absolute Gasteiger partial charge is 0.493 e. The monoisotopic (exact) mass is 455 g/mol. The number of hydrogen-bond donors (Lipinski definition) is 0. The van der Waals surface area contributed by atoms with Crippen LogP contribution in [0, 0.1) is 6.92 Å². The summed E-state index contributed by atoms with van der Waals surface area (Å²) in [5.74, 6) is 3.30. The van der Waals surface area contributed by atoms with Gasteiger partial charge in [0.1, 0.15) is 17.3 Å². The minimum atomic E-state index is 0.539. The lowest BCUT2D eigenvalue weighted by molar-refractivity contribution is 0.348. The normalized spacial score (nSPS) is 11.4. The van der Waals surface area contributed by atoms with Gasteiger partial charge in [0.2, 0.25) is 0 Å². The second-order valence-electron chi connectivity index (χ2n) is 8.50. The van der Waals surface area contributed by atoms with Crippen LogP contribution in [0.1, 0.15) is 30.4 Å². The van der Waals surface area contributed by atoms with Crippen molar-refractivity contribution in [3.8, 4) is 22.9 Å². The Kier molecular flexibility index (Phi) is 5.69. The predicted octanol–water partition coefficient (Wildman–Crippen LogP) is 5.31. The van der Waals surface area contributed by atoms with Crippen LogP contribution in [0.15, 0.2) is 48.7 Å². The molecule has 0 atom stereocenters. The lowest BCUT2D eigenvalue weighted by atomic mass is 10.1. The number of imidazole rings is 2. The first-order chi connectivity index (χ1) is 16.5. The van der Waals surface area contributed by atoms with Gasteiger partial charge < -0.3 is 18.6 Å². The van der Waals surface area contributed by atoms with Crippen LogP contribution in [0.4, 0.5) is 0 Å².